The molecule has 0 heterocycles. The number of carbonyl (C=O) groups is 1. The Morgan fingerprint density at radius 3 is 2.31 bits per heavy atom. The summed E-state index contributed by atoms with van der Waals surface area (Å²) < 4.78 is 27.0. The van der Waals surface area contributed by atoms with E-state index in [1.165, 1.54) is 37.3 Å². The van der Waals surface area contributed by atoms with Crippen LogP contribution in [0.1, 0.15) is 18.1 Å². The molecule has 26 heavy (non-hydrogen) atoms. The summed E-state index contributed by atoms with van der Waals surface area (Å²) in [4.78, 5) is 22.6. The van der Waals surface area contributed by atoms with Crippen molar-refractivity contribution in [3.8, 4) is 0 Å². The molecule has 1 atom stereocenters. The lowest BCUT2D eigenvalue weighted by atomic mass is 10.1. The normalized spacial score (nSPS) is 12.4. The fourth-order valence-electron chi connectivity index (χ4n) is 2.17. The predicted molar refractivity (Wildman–Crippen MR) is 97.4 cm³/mol. The van der Waals surface area contributed by atoms with Crippen molar-refractivity contribution >= 4 is 27.3 Å². The van der Waals surface area contributed by atoms with Crippen molar-refractivity contribution in [1.29, 1.82) is 0 Å². The Labute approximate surface area is 151 Å². The molecule has 8 nitrogen and oxygen atoms in total. The first-order chi connectivity index (χ1) is 12.1. The molecule has 0 aliphatic rings. The molecule has 2 rings (SSSR count). The molecule has 0 saturated heterocycles. The van der Waals surface area contributed by atoms with Crippen LogP contribution in [-0.4, -0.2) is 25.3 Å². The zero-order valence-electron chi connectivity index (χ0n) is 14.5. The lowest BCUT2D eigenvalue weighted by molar-refractivity contribution is -0.384. The molecule has 9 heteroatoms. The van der Waals surface area contributed by atoms with Crippen LogP contribution < -0.4 is 10.0 Å². The molecule has 2 N–H and O–H groups in total. The second kappa shape index (κ2) is 7.63. The predicted octanol–water partition coefficient (Wildman–Crippen LogP) is 2.52. The molecular weight excluding hydrogens is 358 g/mol. The molecule has 0 aliphatic heterocycles. The van der Waals surface area contributed by atoms with Crippen molar-refractivity contribution in [1.82, 2.24) is 4.72 Å². The van der Waals surface area contributed by atoms with E-state index in [0.717, 1.165) is 5.56 Å². The minimum atomic E-state index is -3.86. The maximum Gasteiger partial charge on any atom is 0.271 e. The maximum absolute atomic E-state index is 12.3. The molecular formula is C17H19N3O5S. The average Bonchev–Trinajstić information content (AvgIpc) is 2.56. The number of benzene rings is 2. The van der Waals surface area contributed by atoms with Gasteiger partial charge in [0.05, 0.1) is 21.5 Å². The Hall–Kier alpha value is -2.78. The van der Waals surface area contributed by atoms with Crippen LogP contribution in [-0.2, 0) is 14.8 Å². The zero-order chi connectivity index (χ0) is 19.5. The molecule has 0 unspecified atom stereocenters. The van der Waals surface area contributed by atoms with Gasteiger partial charge in [0, 0.05) is 12.1 Å². The van der Waals surface area contributed by atoms with Crippen molar-refractivity contribution in [3.05, 3.63) is 63.7 Å². The average molecular weight is 377 g/mol. The number of anilines is 1. The highest BCUT2D eigenvalue weighted by Crippen LogP contribution is 2.22. The smallest absolute Gasteiger partial charge is 0.271 e. The van der Waals surface area contributed by atoms with Crippen LogP contribution in [0.15, 0.2) is 47.4 Å². The summed E-state index contributed by atoms with van der Waals surface area (Å²) in [5.41, 5.74) is 1.62. The van der Waals surface area contributed by atoms with Crippen molar-refractivity contribution < 1.29 is 18.1 Å². The Balaban J connectivity index is 2.14. The van der Waals surface area contributed by atoms with E-state index in [-0.39, 0.29) is 16.3 Å². The number of nitro groups is 1. The van der Waals surface area contributed by atoms with Gasteiger partial charge in [-0.05, 0) is 38.5 Å². The molecule has 0 aliphatic carbocycles. The first kappa shape index (κ1) is 19.5. The van der Waals surface area contributed by atoms with E-state index >= 15 is 0 Å². The number of hydrogen-bond donors (Lipinski definition) is 2. The molecule has 0 spiro atoms. The fraction of sp³-hybridized carbons (Fsp3) is 0.235. The molecule has 0 aromatic heterocycles. The van der Waals surface area contributed by atoms with E-state index in [4.69, 9.17) is 0 Å². The number of hydrogen-bond acceptors (Lipinski definition) is 5. The van der Waals surface area contributed by atoms with Gasteiger partial charge in [0.25, 0.3) is 5.69 Å². The van der Waals surface area contributed by atoms with Crippen molar-refractivity contribution in [2.75, 3.05) is 5.32 Å². The number of sulfonamides is 1. The van der Waals surface area contributed by atoms with Crippen LogP contribution in [0.5, 0.6) is 0 Å². The third-order valence-electron chi connectivity index (χ3n) is 3.75. The SMILES string of the molecule is Cc1ccc(S(=O)(=O)N[C@@H](C)C(=O)Nc2cc([N+](=O)[O-])ccc2C)cc1. The monoisotopic (exact) mass is 377 g/mol. The largest absolute Gasteiger partial charge is 0.324 e. The number of carbonyl (C=O) groups excluding carboxylic acids is 1. The summed E-state index contributed by atoms with van der Waals surface area (Å²) in [5.74, 6) is -0.621. The Morgan fingerprint density at radius 2 is 1.73 bits per heavy atom. The topological polar surface area (TPSA) is 118 Å². The van der Waals surface area contributed by atoms with Gasteiger partial charge < -0.3 is 5.32 Å². The molecule has 1 amide bonds. The van der Waals surface area contributed by atoms with Crippen LogP contribution in [0, 0.1) is 24.0 Å². The number of non-ortho nitro benzene ring substituents is 1. The second-order valence-electron chi connectivity index (χ2n) is 5.90. The summed E-state index contributed by atoms with van der Waals surface area (Å²) in [5, 5.41) is 13.4. The highest BCUT2D eigenvalue weighted by molar-refractivity contribution is 7.89. The van der Waals surface area contributed by atoms with Crippen LogP contribution >= 0.6 is 0 Å². The summed E-state index contributed by atoms with van der Waals surface area (Å²) in [7, 11) is -3.86. The molecule has 2 aromatic rings. The minimum absolute atomic E-state index is 0.0503. The zero-order valence-corrected chi connectivity index (χ0v) is 15.3. The van der Waals surface area contributed by atoms with Gasteiger partial charge in [-0.25, -0.2) is 8.42 Å². The van der Waals surface area contributed by atoms with Crippen LogP contribution in [0.4, 0.5) is 11.4 Å². The van der Waals surface area contributed by atoms with E-state index in [1.807, 2.05) is 6.92 Å². The van der Waals surface area contributed by atoms with Gasteiger partial charge in [-0.3, -0.25) is 14.9 Å². The summed E-state index contributed by atoms with van der Waals surface area (Å²) in [6.07, 6.45) is 0. The number of rotatable bonds is 6. The van der Waals surface area contributed by atoms with Gasteiger partial charge in [0.15, 0.2) is 0 Å². The van der Waals surface area contributed by atoms with E-state index in [2.05, 4.69) is 10.0 Å². The molecule has 138 valence electrons. The van der Waals surface area contributed by atoms with E-state index < -0.39 is 26.9 Å². The minimum Gasteiger partial charge on any atom is -0.324 e. The van der Waals surface area contributed by atoms with Crippen LogP contribution in [0.2, 0.25) is 0 Å². The van der Waals surface area contributed by atoms with Crippen LogP contribution in [0.3, 0.4) is 0 Å². The summed E-state index contributed by atoms with van der Waals surface area (Å²) in [6.45, 7) is 4.91. The van der Waals surface area contributed by atoms with Gasteiger partial charge in [-0.1, -0.05) is 23.8 Å². The van der Waals surface area contributed by atoms with Gasteiger partial charge in [0.1, 0.15) is 0 Å². The Morgan fingerprint density at radius 1 is 1.12 bits per heavy atom. The lowest BCUT2D eigenvalue weighted by Crippen LogP contribution is -2.41. The second-order valence-corrected chi connectivity index (χ2v) is 7.62. The molecule has 0 saturated carbocycles. The van der Waals surface area contributed by atoms with E-state index in [1.54, 1.807) is 19.1 Å². The number of nitrogens with one attached hydrogen (secondary N) is 2. The van der Waals surface area contributed by atoms with Gasteiger partial charge in [0.2, 0.25) is 15.9 Å². The summed E-state index contributed by atoms with van der Waals surface area (Å²) >= 11 is 0. The molecule has 2 aromatic carbocycles. The van der Waals surface area contributed by atoms with E-state index in [9.17, 15) is 23.3 Å². The highest BCUT2D eigenvalue weighted by atomic mass is 32.2. The Kier molecular flexibility index (Phi) is 5.73. The standard InChI is InChI=1S/C17H19N3O5S/c1-11-4-8-15(9-5-11)26(24,25)19-13(3)17(21)18-16-10-14(20(22)23)7-6-12(16)2/h4-10,13,19H,1-3H3,(H,18,21)/t13-/m0/s1. The first-order valence-corrected chi connectivity index (χ1v) is 9.23. The van der Waals surface area contributed by atoms with Gasteiger partial charge in [-0.2, -0.15) is 4.72 Å². The van der Waals surface area contributed by atoms with E-state index in [0.29, 0.717) is 5.56 Å². The number of amides is 1. The first-order valence-electron chi connectivity index (χ1n) is 7.75. The lowest BCUT2D eigenvalue weighted by Gasteiger charge is -2.15. The third-order valence-corrected chi connectivity index (χ3v) is 5.30. The Bertz CT molecular complexity index is 939. The van der Waals surface area contributed by atoms with Crippen molar-refractivity contribution in [3.63, 3.8) is 0 Å². The van der Waals surface area contributed by atoms with Gasteiger partial charge >= 0.3 is 0 Å². The molecule has 0 fully saturated rings. The highest BCUT2D eigenvalue weighted by Gasteiger charge is 2.23. The molecule has 0 radical (unpaired) electrons. The summed E-state index contributed by atoms with van der Waals surface area (Å²) in [6, 6.07) is 9.22. The molecule has 0 bridgehead atoms. The van der Waals surface area contributed by atoms with Crippen molar-refractivity contribution in [2.45, 2.75) is 31.7 Å². The number of aryl methyl sites for hydroxylation is 2. The maximum atomic E-state index is 12.3. The van der Waals surface area contributed by atoms with Gasteiger partial charge in [-0.15, -0.1) is 0 Å². The number of nitro benzene ring substituents is 1. The quantitative estimate of drug-likeness (QED) is 0.592. The fourth-order valence-corrected chi connectivity index (χ4v) is 3.37. The van der Waals surface area contributed by atoms with Crippen LogP contribution in [0.25, 0.3) is 0 Å². The van der Waals surface area contributed by atoms with Crippen molar-refractivity contribution in [2.24, 2.45) is 0 Å². The number of nitrogens with zero attached hydrogens (tertiary/aromatic N) is 1. The third kappa shape index (κ3) is 4.64.